The molecule has 6 heteroatoms. The van der Waals surface area contributed by atoms with Gasteiger partial charge in [-0.2, -0.15) is 0 Å². The standard InChI is InChI=1S/C18H18ClNO4/c1-12(2)20(15-7-4-3-6-14(15)19)18(23)11-24-17-9-5-8-16(22)13(17)10-21/h3-10,12,22H,11H2,1-2H3. The van der Waals surface area contributed by atoms with Crippen molar-refractivity contribution in [2.75, 3.05) is 11.5 Å². The van der Waals surface area contributed by atoms with Crippen molar-refractivity contribution in [1.82, 2.24) is 0 Å². The Balaban J connectivity index is 2.20. The third-order valence-corrected chi connectivity index (χ3v) is 3.73. The number of phenols is 1. The van der Waals surface area contributed by atoms with Gasteiger partial charge >= 0.3 is 0 Å². The van der Waals surface area contributed by atoms with Gasteiger partial charge in [0.2, 0.25) is 0 Å². The molecule has 24 heavy (non-hydrogen) atoms. The van der Waals surface area contributed by atoms with Crippen molar-refractivity contribution in [3.8, 4) is 11.5 Å². The zero-order valence-electron chi connectivity index (χ0n) is 13.4. The SMILES string of the molecule is CC(C)N(C(=O)COc1cccc(O)c1C=O)c1ccccc1Cl. The molecule has 0 atom stereocenters. The highest BCUT2D eigenvalue weighted by molar-refractivity contribution is 6.33. The average Bonchev–Trinajstić information content (AvgIpc) is 2.54. The highest BCUT2D eigenvalue weighted by atomic mass is 35.5. The molecule has 0 spiro atoms. The quantitative estimate of drug-likeness (QED) is 0.809. The summed E-state index contributed by atoms with van der Waals surface area (Å²) in [6, 6.07) is 11.4. The number of nitrogens with zero attached hydrogens (tertiary/aromatic N) is 1. The van der Waals surface area contributed by atoms with Gasteiger partial charge in [-0.25, -0.2) is 0 Å². The molecule has 126 valence electrons. The molecule has 0 saturated heterocycles. The van der Waals surface area contributed by atoms with Crippen molar-refractivity contribution in [1.29, 1.82) is 0 Å². The maximum Gasteiger partial charge on any atom is 0.265 e. The summed E-state index contributed by atoms with van der Waals surface area (Å²) in [6.45, 7) is 3.45. The largest absolute Gasteiger partial charge is 0.507 e. The molecule has 0 saturated carbocycles. The monoisotopic (exact) mass is 347 g/mol. The van der Waals surface area contributed by atoms with E-state index in [2.05, 4.69) is 0 Å². The molecule has 0 radical (unpaired) electrons. The van der Waals surface area contributed by atoms with Crippen LogP contribution in [-0.2, 0) is 4.79 Å². The molecule has 2 aromatic rings. The predicted molar refractivity (Wildman–Crippen MR) is 93.1 cm³/mol. The number of halogens is 1. The smallest absolute Gasteiger partial charge is 0.265 e. The summed E-state index contributed by atoms with van der Waals surface area (Å²) < 4.78 is 5.44. The first-order valence-corrected chi connectivity index (χ1v) is 7.80. The first-order valence-electron chi connectivity index (χ1n) is 7.42. The Bertz CT molecular complexity index is 746. The first kappa shape index (κ1) is 17.8. The highest BCUT2D eigenvalue weighted by Gasteiger charge is 2.22. The third-order valence-electron chi connectivity index (χ3n) is 3.41. The first-order chi connectivity index (χ1) is 11.5. The van der Waals surface area contributed by atoms with E-state index in [1.54, 1.807) is 24.3 Å². The molecule has 0 bridgehead atoms. The van der Waals surface area contributed by atoms with E-state index in [0.29, 0.717) is 17.0 Å². The lowest BCUT2D eigenvalue weighted by molar-refractivity contribution is -0.120. The van der Waals surface area contributed by atoms with Crippen LogP contribution in [0, 0.1) is 0 Å². The van der Waals surface area contributed by atoms with E-state index < -0.39 is 0 Å². The number of carbonyl (C=O) groups is 2. The number of benzene rings is 2. The minimum Gasteiger partial charge on any atom is -0.507 e. The maximum absolute atomic E-state index is 12.6. The van der Waals surface area contributed by atoms with Crippen LogP contribution in [0.1, 0.15) is 24.2 Å². The zero-order chi connectivity index (χ0) is 17.7. The second kappa shape index (κ2) is 7.84. The van der Waals surface area contributed by atoms with Gasteiger partial charge in [-0.1, -0.05) is 29.8 Å². The third kappa shape index (κ3) is 3.86. The van der Waals surface area contributed by atoms with Gasteiger partial charge in [0, 0.05) is 6.04 Å². The topological polar surface area (TPSA) is 66.8 Å². The molecule has 0 heterocycles. The number of para-hydroxylation sites is 1. The van der Waals surface area contributed by atoms with E-state index >= 15 is 0 Å². The highest BCUT2D eigenvalue weighted by Crippen LogP contribution is 2.28. The van der Waals surface area contributed by atoms with Gasteiger partial charge in [-0.05, 0) is 38.1 Å². The van der Waals surface area contributed by atoms with Gasteiger partial charge in [0.05, 0.1) is 16.3 Å². The van der Waals surface area contributed by atoms with Crippen molar-refractivity contribution in [3.63, 3.8) is 0 Å². The number of ether oxygens (including phenoxy) is 1. The number of hydrogen-bond acceptors (Lipinski definition) is 4. The number of aromatic hydroxyl groups is 1. The molecule has 1 N–H and O–H groups in total. The summed E-state index contributed by atoms with van der Waals surface area (Å²) in [6.07, 6.45) is 0.490. The number of carbonyl (C=O) groups excluding carboxylic acids is 2. The summed E-state index contributed by atoms with van der Waals surface area (Å²) in [5.41, 5.74) is 0.605. The van der Waals surface area contributed by atoms with Crippen LogP contribution in [-0.4, -0.2) is 29.9 Å². The van der Waals surface area contributed by atoms with E-state index in [-0.39, 0.29) is 35.6 Å². The van der Waals surface area contributed by atoms with Crippen LogP contribution in [0.3, 0.4) is 0 Å². The Hall–Kier alpha value is -2.53. The predicted octanol–water partition coefficient (Wildman–Crippen LogP) is 3.68. The van der Waals surface area contributed by atoms with Gasteiger partial charge in [-0.3, -0.25) is 9.59 Å². The molecule has 0 fully saturated rings. The number of hydrogen-bond donors (Lipinski definition) is 1. The Morgan fingerprint density at radius 3 is 2.58 bits per heavy atom. The number of amides is 1. The lowest BCUT2D eigenvalue weighted by Gasteiger charge is -2.27. The lowest BCUT2D eigenvalue weighted by Crippen LogP contribution is -2.40. The van der Waals surface area contributed by atoms with Crippen LogP contribution in [0.15, 0.2) is 42.5 Å². The zero-order valence-corrected chi connectivity index (χ0v) is 14.2. The molecule has 2 rings (SSSR count). The van der Waals surface area contributed by atoms with E-state index in [4.69, 9.17) is 16.3 Å². The minimum atomic E-state index is -0.307. The van der Waals surface area contributed by atoms with E-state index in [0.717, 1.165) is 0 Å². The maximum atomic E-state index is 12.6. The molecule has 0 aliphatic heterocycles. The number of aldehydes is 1. The summed E-state index contributed by atoms with van der Waals surface area (Å²) in [5.74, 6) is -0.346. The molecular weight excluding hydrogens is 330 g/mol. The van der Waals surface area contributed by atoms with Crippen LogP contribution in [0.4, 0.5) is 5.69 Å². The van der Waals surface area contributed by atoms with Gasteiger partial charge < -0.3 is 14.7 Å². The molecule has 0 aromatic heterocycles. The van der Waals surface area contributed by atoms with Crippen molar-refractivity contribution in [2.24, 2.45) is 0 Å². The Morgan fingerprint density at radius 1 is 1.25 bits per heavy atom. The van der Waals surface area contributed by atoms with Crippen molar-refractivity contribution in [2.45, 2.75) is 19.9 Å². The summed E-state index contributed by atoms with van der Waals surface area (Å²) in [7, 11) is 0. The number of phenolic OH excluding ortho intramolecular Hbond substituents is 1. The molecule has 0 unspecified atom stereocenters. The van der Waals surface area contributed by atoms with Crippen LogP contribution < -0.4 is 9.64 Å². The van der Waals surface area contributed by atoms with E-state index in [1.807, 2.05) is 13.8 Å². The number of anilines is 1. The minimum absolute atomic E-state index is 0.0131. The fourth-order valence-corrected chi connectivity index (χ4v) is 2.56. The normalized spacial score (nSPS) is 10.5. The fraction of sp³-hybridized carbons (Fsp3) is 0.222. The lowest BCUT2D eigenvalue weighted by atomic mass is 10.2. The molecule has 5 nitrogen and oxygen atoms in total. The van der Waals surface area contributed by atoms with Gasteiger partial charge in [0.25, 0.3) is 5.91 Å². The molecule has 0 aliphatic rings. The molecule has 1 amide bonds. The summed E-state index contributed by atoms with van der Waals surface area (Å²) in [4.78, 5) is 25.2. The molecular formula is C18H18ClNO4. The summed E-state index contributed by atoms with van der Waals surface area (Å²) in [5, 5.41) is 10.1. The Morgan fingerprint density at radius 2 is 1.96 bits per heavy atom. The molecule has 0 aliphatic carbocycles. The van der Waals surface area contributed by atoms with Crippen LogP contribution >= 0.6 is 11.6 Å². The van der Waals surface area contributed by atoms with E-state index in [1.165, 1.54) is 23.1 Å². The summed E-state index contributed by atoms with van der Waals surface area (Å²) >= 11 is 6.18. The van der Waals surface area contributed by atoms with Crippen LogP contribution in [0.5, 0.6) is 11.5 Å². The Labute approximate surface area is 145 Å². The average molecular weight is 348 g/mol. The molecule has 2 aromatic carbocycles. The second-order valence-electron chi connectivity index (χ2n) is 5.40. The van der Waals surface area contributed by atoms with E-state index in [9.17, 15) is 14.7 Å². The van der Waals surface area contributed by atoms with Gasteiger partial charge in [-0.15, -0.1) is 0 Å². The van der Waals surface area contributed by atoms with Crippen LogP contribution in [0.25, 0.3) is 0 Å². The van der Waals surface area contributed by atoms with Gasteiger partial charge in [0.15, 0.2) is 12.9 Å². The Kier molecular flexibility index (Phi) is 5.82. The number of rotatable bonds is 6. The van der Waals surface area contributed by atoms with Gasteiger partial charge in [0.1, 0.15) is 11.5 Å². The van der Waals surface area contributed by atoms with Crippen molar-refractivity contribution < 1.29 is 19.4 Å². The fourth-order valence-electron chi connectivity index (χ4n) is 2.33. The van der Waals surface area contributed by atoms with Crippen molar-refractivity contribution in [3.05, 3.63) is 53.1 Å². The van der Waals surface area contributed by atoms with Crippen LogP contribution in [0.2, 0.25) is 5.02 Å². The van der Waals surface area contributed by atoms with Crippen molar-refractivity contribution >= 4 is 29.5 Å². The second-order valence-corrected chi connectivity index (χ2v) is 5.81.